The summed E-state index contributed by atoms with van der Waals surface area (Å²) < 4.78 is 15.2. The maximum atomic E-state index is 13.5. The predicted molar refractivity (Wildman–Crippen MR) is 72.0 cm³/mol. The van der Waals surface area contributed by atoms with E-state index in [4.69, 9.17) is 0 Å². The highest BCUT2D eigenvalue weighted by atomic mass is 19.1. The van der Waals surface area contributed by atoms with Gasteiger partial charge in [-0.3, -0.25) is 4.68 Å². The highest BCUT2D eigenvalue weighted by molar-refractivity contribution is 5.17. The third kappa shape index (κ3) is 3.86. The van der Waals surface area contributed by atoms with E-state index in [-0.39, 0.29) is 5.82 Å². The van der Waals surface area contributed by atoms with Gasteiger partial charge in [-0.15, -0.1) is 0 Å². The summed E-state index contributed by atoms with van der Waals surface area (Å²) in [6.45, 7) is 2.77. The first-order valence-corrected chi connectivity index (χ1v) is 6.46. The number of nitrogens with one attached hydrogen (secondary N) is 1. The van der Waals surface area contributed by atoms with Crippen molar-refractivity contribution in [2.24, 2.45) is 7.05 Å². The van der Waals surface area contributed by atoms with Crippen LogP contribution in [0.25, 0.3) is 0 Å². The van der Waals surface area contributed by atoms with Gasteiger partial charge < -0.3 is 5.32 Å². The van der Waals surface area contributed by atoms with Crippen molar-refractivity contribution in [2.45, 2.75) is 32.4 Å². The molecule has 0 saturated carbocycles. The van der Waals surface area contributed by atoms with E-state index in [1.165, 1.54) is 6.07 Å². The molecular formula is C14H19FN4. The molecule has 0 spiro atoms. The first kappa shape index (κ1) is 13.7. The number of hydrogen-bond acceptors (Lipinski definition) is 3. The van der Waals surface area contributed by atoms with E-state index in [2.05, 4.69) is 22.3 Å². The molecule has 0 aliphatic carbocycles. The number of rotatable bonds is 6. The Morgan fingerprint density at radius 2 is 2.16 bits per heavy atom. The van der Waals surface area contributed by atoms with Crippen LogP contribution in [0.3, 0.4) is 0 Å². The Kier molecular flexibility index (Phi) is 4.63. The van der Waals surface area contributed by atoms with E-state index in [0.29, 0.717) is 12.6 Å². The van der Waals surface area contributed by atoms with Gasteiger partial charge in [0, 0.05) is 13.1 Å². The van der Waals surface area contributed by atoms with Gasteiger partial charge in [0.1, 0.15) is 18.0 Å². The van der Waals surface area contributed by atoms with Crippen molar-refractivity contribution in [3.05, 3.63) is 47.8 Å². The van der Waals surface area contributed by atoms with Crippen LogP contribution in [0.15, 0.2) is 30.6 Å². The standard InChI is InChI=1S/C14H19FN4/c1-11(16-9-14-17-10-18-19(14)2)7-8-12-5-3-4-6-13(12)15/h3-6,10-11,16H,7-9H2,1-2H3/t11-/m0/s1. The third-order valence-corrected chi connectivity index (χ3v) is 3.22. The molecule has 0 bridgehead atoms. The maximum Gasteiger partial charge on any atom is 0.140 e. The van der Waals surface area contributed by atoms with E-state index in [9.17, 15) is 4.39 Å². The Balaban J connectivity index is 1.77. The minimum absolute atomic E-state index is 0.122. The molecule has 1 heterocycles. The lowest BCUT2D eigenvalue weighted by molar-refractivity contribution is 0.489. The van der Waals surface area contributed by atoms with E-state index in [0.717, 1.165) is 24.2 Å². The van der Waals surface area contributed by atoms with Gasteiger partial charge in [-0.2, -0.15) is 5.10 Å². The van der Waals surface area contributed by atoms with Crippen molar-refractivity contribution in [1.82, 2.24) is 20.1 Å². The Hall–Kier alpha value is -1.75. The second-order valence-corrected chi connectivity index (χ2v) is 4.71. The SMILES string of the molecule is C[C@@H](CCc1ccccc1F)NCc1ncnn1C. The lowest BCUT2D eigenvalue weighted by atomic mass is 10.1. The summed E-state index contributed by atoms with van der Waals surface area (Å²) in [6.07, 6.45) is 3.17. The van der Waals surface area contributed by atoms with Crippen LogP contribution in [0.1, 0.15) is 24.7 Å². The number of halogens is 1. The van der Waals surface area contributed by atoms with Crippen molar-refractivity contribution in [3.63, 3.8) is 0 Å². The third-order valence-electron chi connectivity index (χ3n) is 3.22. The van der Waals surface area contributed by atoms with Crippen LogP contribution in [0, 0.1) is 5.82 Å². The smallest absolute Gasteiger partial charge is 0.140 e. The fourth-order valence-corrected chi connectivity index (χ4v) is 1.92. The first-order valence-electron chi connectivity index (χ1n) is 6.46. The molecule has 0 radical (unpaired) electrons. The molecule has 2 aromatic rings. The summed E-state index contributed by atoms with van der Waals surface area (Å²) in [5.74, 6) is 0.778. The Morgan fingerprint density at radius 3 is 2.84 bits per heavy atom. The van der Waals surface area contributed by atoms with E-state index < -0.39 is 0 Å². The Morgan fingerprint density at radius 1 is 1.37 bits per heavy atom. The van der Waals surface area contributed by atoms with Crippen molar-refractivity contribution in [2.75, 3.05) is 0 Å². The molecule has 0 fully saturated rings. The van der Waals surface area contributed by atoms with E-state index in [1.807, 2.05) is 19.2 Å². The van der Waals surface area contributed by atoms with Gasteiger partial charge in [-0.25, -0.2) is 9.37 Å². The van der Waals surface area contributed by atoms with Gasteiger partial charge in [-0.05, 0) is 31.4 Å². The summed E-state index contributed by atoms with van der Waals surface area (Å²) in [5.41, 5.74) is 0.773. The van der Waals surface area contributed by atoms with E-state index >= 15 is 0 Å². The van der Waals surface area contributed by atoms with Crippen molar-refractivity contribution >= 4 is 0 Å². The monoisotopic (exact) mass is 262 g/mol. The molecule has 1 atom stereocenters. The van der Waals surface area contributed by atoms with Gasteiger partial charge in [0.15, 0.2) is 0 Å². The minimum atomic E-state index is -0.122. The van der Waals surface area contributed by atoms with Crippen LogP contribution < -0.4 is 5.32 Å². The van der Waals surface area contributed by atoms with Gasteiger partial charge >= 0.3 is 0 Å². The van der Waals surface area contributed by atoms with Gasteiger partial charge in [-0.1, -0.05) is 18.2 Å². The molecule has 0 aliphatic rings. The molecule has 0 aliphatic heterocycles. The average molecular weight is 262 g/mol. The summed E-state index contributed by atoms with van der Waals surface area (Å²) in [6, 6.07) is 7.24. The van der Waals surface area contributed by atoms with Crippen LogP contribution in [0.4, 0.5) is 4.39 Å². The van der Waals surface area contributed by atoms with Crippen molar-refractivity contribution in [3.8, 4) is 0 Å². The molecule has 1 aromatic carbocycles. The van der Waals surface area contributed by atoms with Gasteiger partial charge in [0.05, 0.1) is 6.54 Å². The zero-order valence-electron chi connectivity index (χ0n) is 11.3. The fourth-order valence-electron chi connectivity index (χ4n) is 1.92. The number of aryl methyl sites for hydroxylation is 2. The Labute approximate surface area is 112 Å². The average Bonchev–Trinajstić information content (AvgIpc) is 2.81. The summed E-state index contributed by atoms with van der Waals surface area (Å²) >= 11 is 0. The van der Waals surface area contributed by atoms with Gasteiger partial charge in [0.25, 0.3) is 0 Å². The van der Waals surface area contributed by atoms with E-state index in [1.54, 1.807) is 17.1 Å². The Bertz CT molecular complexity index is 524. The molecule has 0 amide bonds. The van der Waals surface area contributed by atoms with Crippen LogP contribution in [0.2, 0.25) is 0 Å². The maximum absolute atomic E-state index is 13.5. The molecule has 102 valence electrons. The lowest BCUT2D eigenvalue weighted by Crippen LogP contribution is -2.27. The predicted octanol–water partition coefficient (Wildman–Crippen LogP) is 2.07. The molecule has 1 N–H and O–H groups in total. The summed E-state index contributed by atoms with van der Waals surface area (Å²) in [7, 11) is 1.87. The van der Waals surface area contributed by atoms with Crippen molar-refractivity contribution in [1.29, 1.82) is 0 Å². The lowest BCUT2D eigenvalue weighted by Gasteiger charge is -2.13. The molecule has 0 unspecified atom stereocenters. The minimum Gasteiger partial charge on any atom is -0.307 e. The van der Waals surface area contributed by atoms with Crippen LogP contribution in [-0.4, -0.2) is 20.8 Å². The fraction of sp³-hybridized carbons (Fsp3) is 0.429. The molecule has 19 heavy (non-hydrogen) atoms. The van der Waals surface area contributed by atoms with Crippen LogP contribution in [-0.2, 0) is 20.0 Å². The second-order valence-electron chi connectivity index (χ2n) is 4.71. The largest absolute Gasteiger partial charge is 0.307 e. The number of aromatic nitrogens is 3. The molecule has 5 heteroatoms. The topological polar surface area (TPSA) is 42.7 Å². The van der Waals surface area contributed by atoms with Crippen molar-refractivity contribution < 1.29 is 4.39 Å². The highest BCUT2D eigenvalue weighted by Gasteiger charge is 2.07. The van der Waals surface area contributed by atoms with Crippen LogP contribution in [0.5, 0.6) is 0 Å². The van der Waals surface area contributed by atoms with Gasteiger partial charge in [0.2, 0.25) is 0 Å². The molecule has 2 rings (SSSR count). The molecule has 0 saturated heterocycles. The number of nitrogens with zero attached hydrogens (tertiary/aromatic N) is 3. The zero-order valence-corrected chi connectivity index (χ0v) is 11.3. The first-order chi connectivity index (χ1) is 9.16. The number of benzene rings is 1. The molecule has 1 aromatic heterocycles. The van der Waals surface area contributed by atoms with Crippen LogP contribution >= 0.6 is 0 Å². The quantitative estimate of drug-likeness (QED) is 0.866. The molecule has 4 nitrogen and oxygen atoms in total. The summed E-state index contributed by atoms with van der Waals surface area (Å²) in [4.78, 5) is 4.15. The summed E-state index contributed by atoms with van der Waals surface area (Å²) in [5, 5.41) is 7.39. The number of hydrogen-bond donors (Lipinski definition) is 1. The second kappa shape index (κ2) is 6.43. The molecular weight excluding hydrogens is 243 g/mol. The highest BCUT2D eigenvalue weighted by Crippen LogP contribution is 2.10. The normalized spacial score (nSPS) is 12.6. The zero-order chi connectivity index (χ0) is 13.7.